The van der Waals surface area contributed by atoms with Crippen molar-refractivity contribution in [2.75, 3.05) is 0 Å². The molecule has 1 heterocycles. The largest absolute Gasteiger partial charge is 0.320 e. The highest BCUT2D eigenvalue weighted by atomic mass is 19.2. The Bertz CT molecular complexity index is 626. The summed E-state index contributed by atoms with van der Waals surface area (Å²) in [5.74, 6) is -10.1. The Balaban J connectivity index is 2.60. The highest BCUT2D eigenvalue weighted by Crippen LogP contribution is 2.29. The molecule has 2 rings (SSSR count). The van der Waals surface area contributed by atoms with Gasteiger partial charge in [-0.25, -0.2) is 22.0 Å². The van der Waals surface area contributed by atoms with E-state index in [9.17, 15) is 22.0 Å². The van der Waals surface area contributed by atoms with Gasteiger partial charge in [0.05, 0.1) is 11.6 Å². The lowest BCUT2D eigenvalue weighted by atomic mass is 9.99. The first-order valence-electron chi connectivity index (χ1n) is 5.54. The van der Waals surface area contributed by atoms with Crippen LogP contribution in [-0.2, 0) is 0 Å². The van der Waals surface area contributed by atoms with Crippen molar-refractivity contribution < 1.29 is 22.0 Å². The molecule has 0 saturated heterocycles. The molecule has 0 aliphatic heterocycles. The maximum atomic E-state index is 13.6. The van der Waals surface area contributed by atoms with Gasteiger partial charge in [-0.3, -0.25) is 4.98 Å². The zero-order valence-corrected chi connectivity index (χ0v) is 10.2. The number of hydrogen-bond donors (Lipinski definition) is 1. The Kier molecular flexibility index (Phi) is 3.71. The van der Waals surface area contributed by atoms with Gasteiger partial charge in [0.15, 0.2) is 23.3 Å². The van der Waals surface area contributed by atoms with Crippen LogP contribution >= 0.6 is 0 Å². The summed E-state index contributed by atoms with van der Waals surface area (Å²) in [5.41, 5.74) is 5.26. The molecule has 0 radical (unpaired) electrons. The number of aromatic nitrogens is 1. The highest BCUT2D eigenvalue weighted by molar-refractivity contribution is 5.34. The number of nitrogens with zero attached hydrogens (tertiary/aromatic N) is 1. The average Bonchev–Trinajstić information content (AvgIpc) is 2.44. The fourth-order valence-electron chi connectivity index (χ4n) is 1.72. The van der Waals surface area contributed by atoms with E-state index in [1.807, 2.05) is 0 Å². The van der Waals surface area contributed by atoms with Crippen molar-refractivity contribution in [1.29, 1.82) is 0 Å². The fraction of sp³-hybridized carbons (Fsp3) is 0.154. The topological polar surface area (TPSA) is 38.9 Å². The Hall–Kier alpha value is -2.02. The number of rotatable bonds is 2. The molecule has 0 amide bonds. The van der Waals surface area contributed by atoms with Crippen LogP contribution in [0.5, 0.6) is 0 Å². The molecule has 1 atom stereocenters. The summed E-state index contributed by atoms with van der Waals surface area (Å²) in [4.78, 5) is 3.86. The van der Waals surface area contributed by atoms with Crippen molar-refractivity contribution in [3.63, 3.8) is 0 Å². The summed E-state index contributed by atoms with van der Waals surface area (Å²) < 4.78 is 66.4. The van der Waals surface area contributed by atoms with E-state index in [2.05, 4.69) is 4.98 Å². The molecule has 2 aromatic rings. The van der Waals surface area contributed by atoms with Crippen molar-refractivity contribution >= 4 is 0 Å². The summed E-state index contributed by atoms with van der Waals surface area (Å²) in [6.07, 6.45) is 1.22. The first kappa shape index (κ1) is 14.4. The molecule has 0 fully saturated rings. The first-order chi connectivity index (χ1) is 9.34. The molecule has 2 N–H and O–H groups in total. The summed E-state index contributed by atoms with van der Waals surface area (Å²) >= 11 is 0. The molecule has 20 heavy (non-hydrogen) atoms. The maximum Gasteiger partial charge on any atom is 0.200 e. The van der Waals surface area contributed by atoms with Gasteiger partial charge in [0, 0.05) is 11.9 Å². The molecule has 106 valence electrons. The van der Waals surface area contributed by atoms with Gasteiger partial charge >= 0.3 is 0 Å². The molecule has 1 aromatic heterocycles. The number of hydrogen-bond acceptors (Lipinski definition) is 2. The third-order valence-corrected chi connectivity index (χ3v) is 2.85. The van der Waals surface area contributed by atoms with E-state index in [4.69, 9.17) is 5.73 Å². The Morgan fingerprint density at radius 1 is 0.900 bits per heavy atom. The van der Waals surface area contributed by atoms with E-state index in [1.54, 1.807) is 6.92 Å². The normalized spacial score (nSPS) is 12.6. The van der Waals surface area contributed by atoms with Gasteiger partial charge < -0.3 is 5.73 Å². The van der Waals surface area contributed by atoms with Crippen molar-refractivity contribution in [3.8, 4) is 0 Å². The number of pyridine rings is 1. The van der Waals surface area contributed by atoms with Gasteiger partial charge in [-0.15, -0.1) is 0 Å². The molecular formula is C13H9F5N2. The van der Waals surface area contributed by atoms with Crippen molar-refractivity contribution in [3.05, 3.63) is 64.2 Å². The van der Waals surface area contributed by atoms with Crippen LogP contribution in [0.25, 0.3) is 0 Å². The zero-order chi connectivity index (χ0) is 15.0. The molecule has 1 unspecified atom stereocenters. The number of aryl methyl sites for hydroxylation is 1. The minimum Gasteiger partial charge on any atom is -0.320 e. The van der Waals surface area contributed by atoms with E-state index < -0.39 is 40.7 Å². The van der Waals surface area contributed by atoms with Crippen molar-refractivity contribution in [2.45, 2.75) is 13.0 Å². The second kappa shape index (κ2) is 5.16. The van der Waals surface area contributed by atoms with E-state index >= 15 is 0 Å². The minimum atomic E-state index is -2.21. The monoisotopic (exact) mass is 288 g/mol. The van der Waals surface area contributed by atoms with E-state index in [0.717, 1.165) is 0 Å². The number of halogens is 5. The van der Waals surface area contributed by atoms with Crippen LogP contribution in [0.15, 0.2) is 18.3 Å². The lowest BCUT2D eigenvalue weighted by Crippen LogP contribution is -2.19. The van der Waals surface area contributed by atoms with Crippen LogP contribution in [0.1, 0.15) is 22.9 Å². The molecular weight excluding hydrogens is 279 g/mol. The minimum absolute atomic E-state index is 0.138. The molecule has 0 aliphatic rings. The lowest BCUT2D eigenvalue weighted by Gasteiger charge is -2.15. The molecule has 1 aromatic carbocycles. The molecule has 0 saturated carbocycles. The second-order valence-corrected chi connectivity index (χ2v) is 4.19. The van der Waals surface area contributed by atoms with Gasteiger partial charge in [-0.05, 0) is 18.6 Å². The van der Waals surface area contributed by atoms with Gasteiger partial charge in [0.1, 0.15) is 0 Å². The summed E-state index contributed by atoms with van der Waals surface area (Å²) in [6, 6.07) is 1.42. The van der Waals surface area contributed by atoms with Gasteiger partial charge in [-0.2, -0.15) is 0 Å². The van der Waals surface area contributed by atoms with E-state index in [1.165, 1.54) is 18.3 Å². The summed E-state index contributed by atoms with van der Waals surface area (Å²) in [5, 5.41) is 0. The quantitative estimate of drug-likeness (QED) is 0.524. The SMILES string of the molecule is Cc1ccc(C(N)c2c(F)c(F)c(F)c(F)c2F)cn1. The Morgan fingerprint density at radius 3 is 1.85 bits per heavy atom. The molecule has 2 nitrogen and oxygen atoms in total. The van der Waals surface area contributed by atoms with Gasteiger partial charge in [0.25, 0.3) is 0 Å². The molecule has 0 bridgehead atoms. The number of benzene rings is 1. The molecule has 0 spiro atoms. The summed E-state index contributed by atoms with van der Waals surface area (Å²) in [6.45, 7) is 1.67. The molecule has 0 aliphatic carbocycles. The Morgan fingerprint density at radius 2 is 1.40 bits per heavy atom. The third kappa shape index (κ3) is 2.24. The smallest absolute Gasteiger partial charge is 0.200 e. The van der Waals surface area contributed by atoms with Crippen LogP contribution in [0.3, 0.4) is 0 Å². The van der Waals surface area contributed by atoms with Crippen molar-refractivity contribution in [2.24, 2.45) is 5.73 Å². The lowest BCUT2D eigenvalue weighted by molar-refractivity contribution is 0.367. The van der Waals surface area contributed by atoms with Crippen molar-refractivity contribution in [1.82, 2.24) is 4.98 Å². The maximum absolute atomic E-state index is 13.6. The average molecular weight is 288 g/mol. The summed E-state index contributed by atoms with van der Waals surface area (Å²) in [7, 11) is 0. The standard InChI is InChI=1S/C13H9F5N2/c1-5-2-3-6(4-20-5)13(19)7-8(14)10(16)12(18)11(17)9(7)15/h2-4,13H,19H2,1H3. The van der Waals surface area contributed by atoms with E-state index in [0.29, 0.717) is 5.69 Å². The van der Waals surface area contributed by atoms with Crippen LogP contribution in [0, 0.1) is 36.0 Å². The number of nitrogens with two attached hydrogens (primary N) is 1. The first-order valence-corrected chi connectivity index (χ1v) is 5.54. The van der Waals surface area contributed by atoms with Gasteiger partial charge in [-0.1, -0.05) is 6.07 Å². The predicted octanol–water partition coefficient (Wildman–Crippen LogP) is 3.13. The van der Waals surface area contributed by atoms with Gasteiger partial charge in [0.2, 0.25) is 5.82 Å². The third-order valence-electron chi connectivity index (χ3n) is 2.85. The highest BCUT2D eigenvalue weighted by Gasteiger charge is 2.29. The zero-order valence-electron chi connectivity index (χ0n) is 10.2. The van der Waals surface area contributed by atoms with Crippen LogP contribution in [-0.4, -0.2) is 4.98 Å². The van der Waals surface area contributed by atoms with Crippen LogP contribution in [0.2, 0.25) is 0 Å². The fourth-order valence-corrected chi connectivity index (χ4v) is 1.72. The Labute approximate surface area is 111 Å². The molecule has 7 heteroatoms. The predicted molar refractivity (Wildman–Crippen MR) is 61.2 cm³/mol. The second-order valence-electron chi connectivity index (χ2n) is 4.19. The van der Waals surface area contributed by atoms with Crippen LogP contribution in [0.4, 0.5) is 22.0 Å². The van der Waals surface area contributed by atoms with E-state index in [-0.39, 0.29) is 5.56 Å². The van der Waals surface area contributed by atoms with Crippen LogP contribution < -0.4 is 5.73 Å².